The Kier molecular flexibility index (Phi) is 11.5. The Hall–Kier alpha value is -2.06. The van der Waals surface area contributed by atoms with Crippen molar-refractivity contribution in [2.45, 2.75) is 99.6 Å². The minimum atomic E-state index is -1.53. The number of amides is 2. The first-order valence-electron chi connectivity index (χ1n) is 14.9. The number of benzene rings is 1. The summed E-state index contributed by atoms with van der Waals surface area (Å²) < 4.78 is 23.3. The van der Waals surface area contributed by atoms with Crippen LogP contribution in [-0.4, -0.2) is 118 Å². The van der Waals surface area contributed by atoms with Gasteiger partial charge in [0.05, 0.1) is 37.3 Å². The monoisotopic (exact) mass is 656 g/mol. The van der Waals surface area contributed by atoms with Crippen molar-refractivity contribution in [1.29, 1.82) is 0 Å². The van der Waals surface area contributed by atoms with Crippen LogP contribution in [0.1, 0.15) is 46.1 Å². The van der Waals surface area contributed by atoms with Crippen molar-refractivity contribution in [3.8, 4) is 5.75 Å². The summed E-state index contributed by atoms with van der Waals surface area (Å²) in [4.78, 5) is 29.1. The number of nitrogens with zero attached hydrogens (tertiary/aromatic N) is 1. The van der Waals surface area contributed by atoms with E-state index in [2.05, 4.69) is 5.32 Å². The summed E-state index contributed by atoms with van der Waals surface area (Å²) >= 11 is 7.88. The molecule has 3 unspecified atom stereocenters. The number of likely N-dealkylation sites (tertiary alicyclic amines) is 1. The molecule has 4 rings (SSSR count). The third-order valence-corrected chi connectivity index (χ3v) is 9.35. The fourth-order valence-electron chi connectivity index (χ4n) is 6.01. The van der Waals surface area contributed by atoms with Gasteiger partial charge >= 0.3 is 6.09 Å². The molecule has 4 N–H and O–H groups in total. The molecule has 0 radical (unpaired) electrons. The van der Waals surface area contributed by atoms with Crippen LogP contribution in [0.4, 0.5) is 4.79 Å². The van der Waals surface area contributed by atoms with Crippen molar-refractivity contribution >= 4 is 40.9 Å². The zero-order valence-corrected chi connectivity index (χ0v) is 27.6. The number of ether oxygens (including phenoxy) is 4. The van der Waals surface area contributed by atoms with Crippen molar-refractivity contribution in [3.05, 3.63) is 35.9 Å². The molecule has 3 heterocycles. The average molecular weight is 657 g/mol. The second-order valence-corrected chi connectivity index (χ2v) is 14.2. The summed E-state index contributed by atoms with van der Waals surface area (Å²) in [5.74, 6) is -0.0365. The Balaban J connectivity index is 1.62. The van der Waals surface area contributed by atoms with Gasteiger partial charge in [-0.1, -0.05) is 18.2 Å². The number of halogens is 1. The van der Waals surface area contributed by atoms with E-state index in [9.17, 15) is 24.9 Å². The van der Waals surface area contributed by atoms with Gasteiger partial charge in [-0.15, -0.1) is 23.4 Å². The van der Waals surface area contributed by atoms with E-state index in [-0.39, 0.29) is 25.5 Å². The number of nitrogens with one attached hydrogen (secondary N) is 1. The highest BCUT2D eigenvalue weighted by molar-refractivity contribution is 7.99. The molecular formula is C31H45ClN2O9S. The first-order valence-corrected chi connectivity index (χ1v) is 16.6. The van der Waals surface area contributed by atoms with Crippen LogP contribution in [0, 0.1) is 5.92 Å². The Morgan fingerprint density at radius 3 is 2.43 bits per heavy atom. The highest BCUT2D eigenvalue weighted by Gasteiger charge is 2.52. The Bertz CT molecular complexity index is 1180. The molecule has 44 heavy (non-hydrogen) atoms. The van der Waals surface area contributed by atoms with Crippen LogP contribution < -0.4 is 10.1 Å². The Labute approximate surface area is 268 Å². The zero-order valence-electron chi connectivity index (χ0n) is 26.0. The lowest BCUT2D eigenvalue weighted by molar-refractivity contribution is -0.135. The standard InChI is InChI=1S/C31H45ClN2O9S/c1-16(32)23(28-26(37)25(36)21(35)14-22(42-28)44-6)33-29(38)24-27-19(15-34(24)30(39)43-31(2,3)4)13-18(11-12-41-27)17-7-9-20(40-5)10-8-17/h7-11,16,19,21-28,35-37H,12-15H2,1-6H3,(H,33,38)/t16-,19-,21-,22?,23+,24-,25?,26?,27+,28+/m0/s1. The van der Waals surface area contributed by atoms with E-state index < -0.39 is 71.0 Å². The van der Waals surface area contributed by atoms with Gasteiger partial charge in [-0.3, -0.25) is 9.69 Å². The fraction of sp³-hybridized carbons (Fsp3) is 0.677. The van der Waals surface area contributed by atoms with Gasteiger partial charge in [0, 0.05) is 18.9 Å². The van der Waals surface area contributed by atoms with Crippen LogP contribution in [0.15, 0.2) is 30.3 Å². The van der Waals surface area contributed by atoms with E-state index in [1.54, 1.807) is 41.1 Å². The molecule has 0 bridgehead atoms. The number of thioether (sulfide) groups is 1. The number of aliphatic hydroxyl groups excluding tert-OH is 3. The molecular weight excluding hydrogens is 612 g/mol. The van der Waals surface area contributed by atoms with Crippen molar-refractivity contribution in [2.24, 2.45) is 5.92 Å². The average Bonchev–Trinajstić information content (AvgIpc) is 3.14. The van der Waals surface area contributed by atoms with Crippen LogP contribution >= 0.6 is 23.4 Å². The van der Waals surface area contributed by atoms with E-state index in [4.69, 9.17) is 30.5 Å². The first-order chi connectivity index (χ1) is 20.7. The molecule has 2 saturated heterocycles. The number of methoxy groups -OCH3 is 1. The number of fused-ring (bicyclic) bond motifs is 1. The number of rotatable bonds is 7. The summed E-state index contributed by atoms with van der Waals surface area (Å²) in [5, 5.41) is 34.1. The lowest BCUT2D eigenvalue weighted by Crippen LogP contribution is -2.61. The number of carbonyl (C=O) groups excluding carboxylic acids is 2. The van der Waals surface area contributed by atoms with E-state index >= 15 is 0 Å². The smallest absolute Gasteiger partial charge is 0.411 e. The number of allylic oxidation sites excluding steroid dienone is 1. The van der Waals surface area contributed by atoms with E-state index in [1.165, 1.54) is 16.7 Å². The third kappa shape index (κ3) is 8.01. The Morgan fingerprint density at radius 2 is 1.84 bits per heavy atom. The first kappa shape index (κ1) is 34.8. The van der Waals surface area contributed by atoms with Crippen molar-refractivity contribution < 1.29 is 43.9 Å². The van der Waals surface area contributed by atoms with Gasteiger partial charge in [-0.2, -0.15) is 0 Å². The maximum atomic E-state index is 14.2. The van der Waals surface area contributed by atoms with Gasteiger partial charge in [0.1, 0.15) is 41.1 Å². The van der Waals surface area contributed by atoms with E-state index in [0.29, 0.717) is 6.42 Å². The number of carbonyl (C=O) groups is 2. The second kappa shape index (κ2) is 14.6. The van der Waals surface area contributed by atoms with E-state index in [1.807, 2.05) is 30.3 Å². The molecule has 11 nitrogen and oxygen atoms in total. The van der Waals surface area contributed by atoms with Crippen molar-refractivity contribution in [1.82, 2.24) is 10.2 Å². The minimum Gasteiger partial charge on any atom is -0.497 e. The van der Waals surface area contributed by atoms with Crippen LogP contribution in [0.5, 0.6) is 5.75 Å². The summed E-state index contributed by atoms with van der Waals surface area (Å²) in [6, 6.07) is 5.65. The molecule has 0 spiro atoms. The predicted octanol–water partition coefficient (Wildman–Crippen LogP) is 2.78. The van der Waals surface area contributed by atoms with Gasteiger partial charge in [0.2, 0.25) is 5.91 Å². The molecule has 0 saturated carbocycles. The molecule has 13 heteroatoms. The SMILES string of the molecule is COc1ccc(C2=CCO[C@@H]3[C@@H](C2)CN(C(=O)OC(C)(C)C)[C@@H]3C(=O)N[C@H]([C@H](C)Cl)[C@H]2OC(SC)C[C@H](O)C(O)C2O)cc1. The van der Waals surface area contributed by atoms with Gasteiger partial charge in [-0.25, -0.2) is 4.79 Å². The molecule has 1 aromatic rings. The quantitative estimate of drug-likeness (QED) is 0.323. The maximum Gasteiger partial charge on any atom is 0.411 e. The normalized spacial score (nSPS) is 32.4. The van der Waals surface area contributed by atoms with Crippen LogP contribution in [-0.2, 0) is 19.0 Å². The number of alkyl halides is 1. The zero-order chi connectivity index (χ0) is 32.3. The molecule has 2 amide bonds. The predicted molar refractivity (Wildman–Crippen MR) is 168 cm³/mol. The van der Waals surface area contributed by atoms with Crippen molar-refractivity contribution in [2.75, 3.05) is 26.5 Å². The number of hydrogen-bond donors (Lipinski definition) is 4. The van der Waals surface area contributed by atoms with Crippen LogP contribution in [0.2, 0.25) is 0 Å². The molecule has 2 fully saturated rings. The topological polar surface area (TPSA) is 147 Å². The van der Waals surface area contributed by atoms with Crippen molar-refractivity contribution in [3.63, 3.8) is 0 Å². The summed E-state index contributed by atoms with van der Waals surface area (Å²) in [6.07, 6.45) is -2.29. The molecule has 1 aromatic carbocycles. The van der Waals surface area contributed by atoms with Gasteiger partial charge < -0.3 is 39.6 Å². The lowest BCUT2D eigenvalue weighted by atomic mass is 9.90. The number of aliphatic hydroxyl groups is 3. The summed E-state index contributed by atoms with van der Waals surface area (Å²) in [7, 11) is 1.61. The molecule has 246 valence electrons. The summed E-state index contributed by atoms with van der Waals surface area (Å²) in [5.41, 5.74) is 0.667. The molecule has 3 aliphatic heterocycles. The Morgan fingerprint density at radius 1 is 1.16 bits per heavy atom. The van der Waals surface area contributed by atoms with Gasteiger partial charge in [-0.05, 0) is 63.6 Å². The minimum absolute atomic E-state index is 0.0867. The lowest BCUT2D eigenvalue weighted by Gasteiger charge is -2.36. The number of hydrogen-bond acceptors (Lipinski definition) is 10. The van der Waals surface area contributed by atoms with Crippen LogP contribution in [0.3, 0.4) is 0 Å². The summed E-state index contributed by atoms with van der Waals surface area (Å²) in [6.45, 7) is 7.36. The highest BCUT2D eigenvalue weighted by atomic mass is 35.5. The molecule has 3 aliphatic rings. The third-order valence-electron chi connectivity index (χ3n) is 8.24. The largest absolute Gasteiger partial charge is 0.497 e. The van der Waals surface area contributed by atoms with E-state index in [0.717, 1.165) is 16.9 Å². The second-order valence-electron chi connectivity index (χ2n) is 12.6. The molecule has 0 aliphatic carbocycles. The fourth-order valence-corrected chi connectivity index (χ4v) is 6.84. The van der Waals surface area contributed by atoms with Gasteiger partial charge in [0.15, 0.2) is 0 Å². The van der Waals surface area contributed by atoms with Gasteiger partial charge in [0.25, 0.3) is 0 Å². The molecule has 0 aromatic heterocycles. The maximum absolute atomic E-state index is 14.2. The highest BCUT2D eigenvalue weighted by Crippen LogP contribution is 2.38. The van der Waals surface area contributed by atoms with Crippen LogP contribution in [0.25, 0.3) is 5.57 Å². The molecule has 10 atom stereocenters.